The summed E-state index contributed by atoms with van der Waals surface area (Å²) < 4.78 is 0. The summed E-state index contributed by atoms with van der Waals surface area (Å²) in [5, 5.41) is 1.09. The maximum absolute atomic E-state index is 4.19. The molecule has 0 fully saturated rings. The Morgan fingerprint density at radius 3 is 3.18 bits per heavy atom. The average Bonchev–Trinajstić information content (AvgIpc) is 2.04. The number of fused-ring (bicyclic) bond motifs is 1. The molecule has 0 bridgehead atoms. The molecule has 0 aliphatic heterocycles. The first-order chi connectivity index (χ1) is 5.36. The van der Waals surface area contributed by atoms with Crippen molar-refractivity contribution in [1.29, 1.82) is 0 Å². The van der Waals surface area contributed by atoms with Crippen molar-refractivity contribution in [3.8, 4) is 0 Å². The van der Waals surface area contributed by atoms with Gasteiger partial charge in [-0.15, -0.1) is 0 Å². The van der Waals surface area contributed by atoms with E-state index in [9.17, 15) is 0 Å². The lowest BCUT2D eigenvalue weighted by Gasteiger charge is -1.95. The number of pyridine rings is 1. The van der Waals surface area contributed by atoms with Crippen LogP contribution in [0.3, 0.4) is 0 Å². The van der Waals surface area contributed by atoms with Gasteiger partial charge in [0.2, 0.25) is 0 Å². The molecule has 1 radical (unpaired) electrons. The van der Waals surface area contributed by atoms with Crippen molar-refractivity contribution in [2.24, 2.45) is 0 Å². The van der Waals surface area contributed by atoms with E-state index in [0.29, 0.717) is 0 Å². The van der Waals surface area contributed by atoms with Gasteiger partial charge in [0, 0.05) is 11.6 Å². The molecular weight excluding hydrogens is 134 g/mol. The van der Waals surface area contributed by atoms with E-state index in [1.165, 1.54) is 5.56 Å². The number of benzene rings is 1. The number of rotatable bonds is 0. The highest BCUT2D eigenvalue weighted by Gasteiger charge is 1.91. The standard InChI is InChI=1S/C10H8N/c1-8-4-5-10-9(7-8)3-2-6-11-10/h2,4-7H,1H3. The minimum atomic E-state index is 1.01. The Kier molecular flexibility index (Phi) is 1.35. The molecule has 1 aromatic carbocycles. The maximum Gasteiger partial charge on any atom is 0.0708 e. The van der Waals surface area contributed by atoms with Crippen molar-refractivity contribution in [1.82, 2.24) is 4.98 Å². The van der Waals surface area contributed by atoms with E-state index in [0.717, 1.165) is 10.9 Å². The Labute approximate surface area is 65.7 Å². The number of nitrogens with zero attached hydrogens (tertiary/aromatic N) is 1. The predicted octanol–water partition coefficient (Wildman–Crippen LogP) is 2.34. The van der Waals surface area contributed by atoms with Gasteiger partial charge in [0.1, 0.15) is 0 Å². The van der Waals surface area contributed by atoms with Crippen LogP contribution in [0.25, 0.3) is 10.9 Å². The third-order valence-electron chi connectivity index (χ3n) is 1.68. The van der Waals surface area contributed by atoms with Gasteiger partial charge in [0.05, 0.1) is 5.52 Å². The summed E-state index contributed by atoms with van der Waals surface area (Å²) >= 11 is 0. The Morgan fingerprint density at radius 1 is 1.36 bits per heavy atom. The molecule has 1 heteroatoms. The van der Waals surface area contributed by atoms with Crippen molar-refractivity contribution in [2.45, 2.75) is 6.92 Å². The van der Waals surface area contributed by atoms with E-state index < -0.39 is 0 Å². The van der Waals surface area contributed by atoms with Crippen LogP contribution in [0, 0.1) is 13.0 Å². The fourth-order valence-corrected chi connectivity index (χ4v) is 1.12. The van der Waals surface area contributed by atoms with Crippen LogP contribution in [-0.4, -0.2) is 4.98 Å². The fourth-order valence-electron chi connectivity index (χ4n) is 1.12. The van der Waals surface area contributed by atoms with E-state index in [1.54, 1.807) is 6.20 Å². The number of aryl methyl sites for hydroxylation is 1. The third-order valence-corrected chi connectivity index (χ3v) is 1.68. The lowest BCUT2D eigenvalue weighted by atomic mass is 10.1. The van der Waals surface area contributed by atoms with Gasteiger partial charge in [-0.05, 0) is 31.2 Å². The Morgan fingerprint density at radius 2 is 2.27 bits per heavy atom. The maximum atomic E-state index is 4.19. The van der Waals surface area contributed by atoms with Gasteiger partial charge in [-0.2, -0.15) is 0 Å². The molecule has 2 rings (SSSR count). The minimum absolute atomic E-state index is 1.01. The summed E-state index contributed by atoms with van der Waals surface area (Å²) in [5.74, 6) is 0. The first-order valence-electron chi connectivity index (χ1n) is 3.59. The second kappa shape index (κ2) is 2.35. The van der Waals surface area contributed by atoms with Crippen molar-refractivity contribution >= 4 is 10.9 Å². The molecule has 0 unspecified atom stereocenters. The summed E-state index contributed by atoms with van der Waals surface area (Å²) in [4.78, 5) is 4.19. The largest absolute Gasteiger partial charge is 0.256 e. The zero-order valence-electron chi connectivity index (χ0n) is 6.33. The van der Waals surface area contributed by atoms with Gasteiger partial charge >= 0.3 is 0 Å². The van der Waals surface area contributed by atoms with Crippen LogP contribution in [0.1, 0.15) is 5.56 Å². The first-order valence-corrected chi connectivity index (χ1v) is 3.59. The van der Waals surface area contributed by atoms with Gasteiger partial charge in [0.25, 0.3) is 0 Å². The van der Waals surface area contributed by atoms with Crippen LogP contribution in [-0.2, 0) is 0 Å². The molecule has 0 atom stereocenters. The van der Waals surface area contributed by atoms with E-state index in [4.69, 9.17) is 0 Å². The molecule has 0 N–H and O–H groups in total. The van der Waals surface area contributed by atoms with Gasteiger partial charge in [-0.1, -0.05) is 11.6 Å². The second-order valence-corrected chi connectivity index (χ2v) is 2.61. The van der Waals surface area contributed by atoms with Gasteiger partial charge < -0.3 is 0 Å². The van der Waals surface area contributed by atoms with Crippen LogP contribution in [0.4, 0.5) is 0 Å². The molecule has 0 saturated carbocycles. The molecule has 2 aromatic rings. The fraction of sp³-hybridized carbons (Fsp3) is 0.100. The van der Waals surface area contributed by atoms with Crippen molar-refractivity contribution in [3.05, 3.63) is 42.1 Å². The topological polar surface area (TPSA) is 12.9 Å². The lowest BCUT2D eigenvalue weighted by molar-refractivity contribution is 1.39. The summed E-state index contributed by atoms with van der Waals surface area (Å²) in [6.45, 7) is 2.07. The molecule has 0 spiro atoms. The quantitative estimate of drug-likeness (QED) is 0.550. The highest BCUT2D eigenvalue weighted by Crippen LogP contribution is 2.11. The third kappa shape index (κ3) is 1.09. The molecule has 0 amide bonds. The highest BCUT2D eigenvalue weighted by molar-refractivity contribution is 5.78. The van der Waals surface area contributed by atoms with Crippen LogP contribution < -0.4 is 0 Å². The number of hydrogen-bond donors (Lipinski definition) is 0. The van der Waals surface area contributed by atoms with Crippen molar-refractivity contribution < 1.29 is 0 Å². The van der Waals surface area contributed by atoms with E-state index in [2.05, 4.69) is 30.1 Å². The van der Waals surface area contributed by atoms with Crippen LogP contribution in [0.2, 0.25) is 0 Å². The lowest BCUT2D eigenvalue weighted by Crippen LogP contribution is -1.77. The Hall–Kier alpha value is -1.37. The summed E-state index contributed by atoms with van der Waals surface area (Å²) in [6, 6.07) is 11.1. The minimum Gasteiger partial charge on any atom is -0.256 e. The van der Waals surface area contributed by atoms with E-state index in [-0.39, 0.29) is 0 Å². The van der Waals surface area contributed by atoms with Crippen LogP contribution >= 0.6 is 0 Å². The average molecular weight is 142 g/mol. The highest BCUT2D eigenvalue weighted by atomic mass is 14.6. The summed E-state index contributed by atoms with van der Waals surface area (Å²) in [6.07, 6.45) is 1.76. The normalized spacial score (nSPS) is 10.3. The van der Waals surface area contributed by atoms with E-state index >= 15 is 0 Å². The van der Waals surface area contributed by atoms with Gasteiger partial charge in [0.15, 0.2) is 0 Å². The smallest absolute Gasteiger partial charge is 0.0708 e. The molecule has 0 aliphatic rings. The molecule has 1 nitrogen and oxygen atoms in total. The summed E-state index contributed by atoms with van der Waals surface area (Å²) in [5.41, 5.74) is 2.26. The molecular formula is C10H8N. The molecule has 1 aromatic heterocycles. The Bertz CT molecular complexity index is 379. The van der Waals surface area contributed by atoms with Gasteiger partial charge in [-0.25, -0.2) is 0 Å². The first kappa shape index (κ1) is 6.35. The zero-order valence-corrected chi connectivity index (χ0v) is 6.33. The Balaban J connectivity index is 2.83. The number of hydrogen-bond acceptors (Lipinski definition) is 1. The molecule has 53 valence electrons. The van der Waals surface area contributed by atoms with Crippen LogP contribution in [0.15, 0.2) is 30.5 Å². The van der Waals surface area contributed by atoms with Crippen LogP contribution in [0.5, 0.6) is 0 Å². The SMILES string of the molecule is Cc1ccc2ncc[c]c2c1. The van der Waals surface area contributed by atoms with E-state index in [1.807, 2.05) is 12.1 Å². The molecule has 11 heavy (non-hydrogen) atoms. The molecule has 1 heterocycles. The number of aromatic nitrogens is 1. The predicted molar refractivity (Wildman–Crippen MR) is 45.3 cm³/mol. The van der Waals surface area contributed by atoms with Gasteiger partial charge in [-0.3, -0.25) is 4.98 Å². The zero-order chi connectivity index (χ0) is 7.68. The summed E-state index contributed by atoms with van der Waals surface area (Å²) in [7, 11) is 0. The molecule has 0 saturated heterocycles. The molecule has 0 aliphatic carbocycles. The monoisotopic (exact) mass is 142 g/mol. The second-order valence-electron chi connectivity index (χ2n) is 2.61. The van der Waals surface area contributed by atoms with Crippen molar-refractivity contribution in [3.63, 3.8) is 0 Å². The van der Waals surface area contributed by atoms with Crippen molar-refractivity contribution in [2.75, 3.05) is 0 Å².